The summed E-state index contributed by atoms with van der Waals surface area (Å²) in [7, 11) is 0. The number of esters is 1. The number of anilines is 1. The molecule has 0 aromatic heterocycles. The number of ether oxygens (including phenoxy) is 1. The van der Waals surface area contributed by atoms with Crippen molar-refractivity contribution in [2.75, 3.05) is 24.2 Å². The number of thioether (sulfide) groups is 1. The van der Waals surface area contributed by atoms with Gasteiger partial charge in [0.25, 0.3) is 5.91 Å². The van der Waals surface area contributed by atoms with Gasteiger partial charge in [0.05, 0.1) is 34.5 Å². The molecule has 0 aliphatic carbocycles. The van der Waals surface area contributed by atoms with E-state index in [-0.39, 0.29) is 29.5 Å². The molecule has 5 rings (SSSR count). The van der Waals surface area contributed by atoms with Gasteiger partial charge in [0.1, 0.15) is 0 Å². The first-order valence-electron chi connectivity index (χ1n) is 12.3. The zero-order chi connectivity index (χ0) is 26.6. The maximum atomic E-state index is 13.4. The normalized spacial score (nSPS) is 17.0. The summed E-state index contributed by atoms with van der Waals surface area (Å²) in [4.78, 5) is 33.3. The summed E-state index contributed by atoms with van der Waals surface area (Å²) in [6, 6.07) is 21.6. The minimum Gasteiger partial charge on any atom is -0.463 e. The first-order chi connectivity index (χ1) is 18.5. The van der Waals surface area contributed by atoms with Crippen LogP contribution in [-0.2, 0) is 9.53 Å². The van der Waals surface area contributed by atoms with Gasteiger partial charge in [0.2, 0.25) is 0 Å². The molecule has 38 heavy (non-hydrogen) atoms. The highest BCUT2D eigenvalue weighted by Gasteiger charge is 2.39. The number of aliphatic imine (C=N–C) groups is 1. The Morgan fingerprint density at radius 2 is 1.84 bits per heavy atom. The highest BCUT2D eigenvalue weighted by Crippen LogP contribution is 2.43. The summed E-state index contributed by atoms with van der Waals surface area (Å²) in [6.45, 7) is 2.84. The van der Waals surface area contributed by atoms with Gasteiger partial charge in [0, 0.05) is 28.6 Å². The molecule has 194 valence electrons. The first kappa shape index (κ1) is 26.4. The number of carbonyl (C=O) groups excluding carboxylic acids is 2. The number of nitrogens with one attached hydrogen (secondary N) is 1. The molecule has 0 unspecified atom stereocenters. The molecule has 0 radical (unpaired) electrons. The molecule has 9 heteroatoms. The number of rotatable bonds is 6. The van der Waals surface area contributed by atoms with Crippen molar-refractivity contribution in [3.63, 3.8) is 0 Å². The molecule has 1 N–H and O–H groups in total. The first-order valence-corrected chi connectivity index (χ1v) is 14.0. The van der Waals surface area contributed by atoms with Gasteiger partial charge in [-0.25, -0.2) is 9.79 Å². The van der Waals surface area contributed by atoms with Crippen molar-refractivity contribution in [3.05, 3.63) is 105 Å². The Labute approximate surface area is 235 Å². The van der Waals surface area contributed by atoms with E-state index < -0.39 is 0 Å². The van der Waals surface area contributed by atoms with Gasteiger partial charge >= 0.3 is 5.97 Å². The van der Waals surface area contributed by atoms with Crippen LogP contribution < -0.4 is 5.32 Å². The summed E-state index contributed by atoms with van der Waals surface area (Å²) < 4.78 is 5.53. The maximum absolute atomic E-state index is 13.4. The molecular formula is C29H25Cl2N3O3S. The van der Waals surface area contributed by atoms with Crippen LogP contribution in [0.15, 0.2) is 83.4 Å². The molecule has 1 fully saturated rings. The lowest BCUT2D eigenvalue weighted by molar-refractivity contribution is -0.139. The van der Waals surface area contributed by atoms with Crippen LogP contribution in [0.4, 0.5) is 5.69 Å². The van der Waals surface area contributed by atoms with E-state index in [1.54, 1.807) is 30.8 Å². The number of benzene rings is 3. The number of amidine groups is 1. The highest BCUT2D eigenvalue weighted by molar-refractivity contribution is 8.13. The second-order valence-corrected chi connectivity index (χ2v) is 10.6. The van der Waals surface area contributed by atoms with E-state index in [0.717, 1.165) is 35.0 Å². The number of hydrogen-bond donors (Lipinski definition) is 1. The van der Waals surface area contributed by atoms with Gasteiger partial charge in [-0.2, -0.15) is 0 Å². The highest BCUT2D eigenvalue weighted by atomic mass is 35.5. The summed E-state index contributed by atoms with van der Waals surface area (Å²) in [5.74, 6) is 0.249. The zero-order valence-electron chi connectivity index (χ0n) is 20.6. The molecule has 3 aromatic rings. The Morgan fingerprint density at radius 3 is 2.55 bits per heavy atom. The van der Waals surface area contributed by atoms with Crippen LogP contribution in [0.3, 0.4) is 0 Å². The topological polar surface area (TPSA) is 71.0 Å². The average Bonchev–Trinajstić information content (AvgIpc) is 2.93. The quantitative estimate of drug-likeness (QED) is 0.323. The molecule has 1 atom stereocenters. The zero-order valence-corrected chi connectivity index (χ0v) is 22.9. The molecule has 1 saturated heterocycles. The molecular weight excluding hydrogens is 541 g/mol. The lowest BCUT2D eigenvalue weighted by Crippen LogP contribution is -2.42. The van der Waals surface area contributed by atoms with Crippen molar-refractivity contribution in [1.29, 1.82) is 0 Å². The number of fused-ring (bicyclic) bond motifs is 1. The van der Waals surface area contributed by atoms with Crippen molar-refractivity contribution in [2.24, 2.45) is 4.99 Å². The van der Waals surface area contributed by atoms with Crippen LogP contribution in [0.2, 0.25) is 10.0 Å². The Hall–Kier alpha value is -3.26. The molecule has 0 saturated carbocycles. The monoisotopic (exact) mass is 565 g/mol. The predicted octanol–water partition coefficient (Wildman–Crippen LogP) is 7.07. The molecule has 2 aliphatic rings. The summed E-state index contributed by atoms with van der Waals surface area (Å²) >= 11 is 13.9. The Bertz CT molecular complexity index is 1420. The second-order valence-electron chi connectivity index (χ2n) is 8.74. The third kappa shape index (κ3) is 5.46. The van der Waals surface area contributed by atoms with E-state index in [1.807, 2.05) is 54.6 Å². The Kier molecular flexibility index (Phi) is 8.07. The molecule has 0 bridgehead atoms. The molecule has 2 aliphatic heterocycles. The fourth-order valence-corrected chi connectivity index (χ4v) is 6.02. The smallest absolute Gasteiger partial charge is 0.338 e. The molecule has 2 heterocycles. The van der Waals surface area contributed by atoms with Crippen LogP contribution in [0, 0.1) is 0 Å². The van der Waals surface area contributed by atoms with Crippen molar-refractivity contribution < 1.29 is 14.3 Å². The van der Waals surface area contributed by atoms with Gasteiger partial charge in [-0.1, -0.05) is 77.4 Å². The fourth-order valence-electron chi connectivity index (χ4n) is 4.55. The van der Waals surface area contributed by atoms with Crippen molar-refractivity contribution in [2.45, 2.75) is 19.4 Å². The number of amides is 1. The molecule has 1 amide bonds. The van der Waals surface area contributed by atoms with Gasteiger partial charge in [-0.3, -0.25) is 4.79 Å². The van der Waals surface area contributed by atoms with Crippen molar-refractivity contribution >= 4 is 63.4 Å². The lowest BCUT2D eigenvalue weighted by Gasteiger charge is -2.41. The van der Waals surface area contributed by atoms with E-state index in [1.165, 1.54) is 6.07 Å². The van der Waals surface area contributed by atoms with E-state index >= 15 is 0 Å². The SMILES string of the molecule is CCOC(=O)C1=C(c2ccccc2)N=C2SCCCN2[C@@H]1c1ccc(NC(=O)c2ccc(Cl)cc2Cl)cc1. The van der Waals surface area contributed by atoms with Crippen molar-refractivity contribution in [1.82, 2.24) is 4.90 Å². The van der Waals surface area contributed by atoms with Crippen LogP contribution >= 0.6 is 35.0 Å². The summed E-state index contributed by atoms with van der Waals surface area (Å²) in [6.07, 6.45) is 0.979. The van der Waals surface area contributed by atoms with Crippen LogP contribution in [-0.4, -0.2) is 40.8 Å². The molecule has 0 spiro atoms. The third-order valence-corrected chi connectivity index (χ3v) is 7.90. The van der Waals surface area contributed by atoms with Crippen LogP contribution in [0.5, 0.6) is 0 Å². The van der Waals surface area contributed by atoms with E-state index in [0.29, 0.717) is 27.5 Å². The lowest BCUT2D eigenvalue weighted by atomic mass is 9.91. The Morgan fingerprint density at radius 1 is 1.08 bits per heavy atom. The van der Waals surface area contributed by atoms with E-state index in [9.17, 15) is 9.59 Å². The minimum absolute atomic E-state index is 0.265. The number of nitrogens with zero attached hydrogens (tertiary/aromatic N) is 2. The van der Waals surface area contributed by atoms with Gasteiger partial charge < -0.3 is 15.0 Å². The molecule has 6 nitrogen and oxygen atoms in total. The van der Waals surface area contributed by atoms with Crippen molar-refractivity contribution in [3.8, 4) is 0 Å². The van der Waals surface area contributed by atoms with E-state index in [4.69, 9.17) is 32.9 Å². The van der Waals surface area contributed by atoms with Crippen LogP contribution in [0.25, 0.3) is 5.70 Å². The molecule has 3 aromatic carbocycles. The maximum Gasteiger partial charge on any atom is 0.338 e. The van der Waals surface area contributed by atoms with Gasteiger partial charge in [-0.15, -0.1) is 0 Å². The van der Waals surface area contributed by atoms with Crippen LogP contribution in [0.1, 0.15) is 40.9 Å². The average molecular weight is 567 g/mol. The predicted molar refractivity (Wildman–Crippen MR) is 155 cm³/mol. The Balaban J connectivity index is 1.52. The summed E-state index contributed by atoms with van der Waals surface area (Å²) in [5.41, 5.74) is 3.84. The largest absolute Gasteiger partial charge is 0.463 e. The van der Waals surface area contributed by atoms with Gasteiger partial charge in [-0.05, 0) is 49.2 Å². The second kappa shape index (κ2) is 11.6. The number of halogens is 2. The fraction of sp³-hybridized carbons (Fsp3) is 0.207. The minimum atomic E-state index is -0.385. The van der Waals surface area contributed by atoms with E-state index in [2.05, 4.69) is 10.2 Å². The summed E-state index contributed by atoms with van der Waals surface area (Å²) in [5, 5.41) is 4.51. The third-order valence-electron chi connectivity index (χ3n) is 6.27. The number of carbonyl (C=O) groups is 2. The number of hydrogen-bond acceptors (Lipinski definition) is 6. The standard InChI is InChI=1S/C29H25Cl2N3O3S/c1-2-37-28(36)24-25(18-7-4-3-5-8-18)33-29-34(15-6-16-38-29)26(24)19-9-12-21(13-10-19)32-27(35)22-14-11-20(30)17-23(22)31/h3-5,7-14,17,26H,2,6,15-16H2,1H3,(H,32,35)/t26-/m1/s1. The van der Waals surface area contributed by atoms with Gasteiger partial charge in [0.15, 0.2) is 5.17 Å².